The fourth-order valence-electron chi connectivity index (χ4n) is 0.287. The van der Waals surface area contributed by atoms with Gasteiger partial charge in [0, 0.05) is 0 Å². The van der Waals surface area contributed by atoms with Gasteiger partial charge in [0.2, 0.25) is 0 Å². The smallest absolute Gasteiger partial charge is 0.460 e. The van der Waals surface area contributed by atoms with Gasteiger partial charge in [-0.05, 0) is 0 Å². The summed E-state index contributed by atoms with van der Waals surface area (Å²) in [5.41, 5.74) is 11.8. The topological polar surface area (TPSA) is 106 Å². The first-order chi connectivity index (χ1) is 4.63. The number of nitrogens with two attached hydrogens (primary N) is 1. The van der Waals surface area contributed by atoms with E-state index >= 15 is 0 Å². The summed E-state index contributed by atoms with van der Waals surface area (Å²) < 4.78 is 4.03. The Hall–Kier alpha value is -1.68. The van der Waals surface area contributed by atoms with Crippen molar-refractivity contribution < 1.29 is 19.1 Å². The zero-order valence-electron chi connectivity index (χ0n) is 5.20. The van der Waals surface area contributed by atoms with Crippen LogP contribution in [0.25, 0.3) is 5.53 Å². The van der Waals surface area contributed by atoms with E-state index in [1.54, 1.807) is 0 Å². The van der Waals surface area contributed by atoms with Crippen LogP contribution >= 0.6 is 0 Å². The lowest BCUT2D eigenvalue weighted by molar-refractivity contribution is -0.139. The molecule has 0 saturated carbocycles. The van der Waals surface area contributed by atoms with Gasteiger partial charge >= 0.3 is 17.6 Å². The molecule has 0 radical (unpaired) electrons. The molecule has 0 aromatic carbocycles. The summed E-state index contributed by atoms with van der Waals surface area (Å²) in [7, 11) is 1.04. The number of methoxy groups -OCH3 is 1. The molecule has 0 aliphatic carbocycles. The molecule has 0 aromatic rings. The Morgan fingerprint density at radius 1 is 1.60 bits per heavy atom. The Morgan fingerprint density at radius 2 is 2.10 bits per heavy atom. The third kappa shape index (κ3) is 1.68. The van der Waals surface area contributed by atoms with E-state index < -0.39 is 17.6 Å². The maximum Gasteiger partial charge on any atom is 0.462 e. The molecular weight excluding hydrogens is 138 g/mol. The van der Waals surface area contributed by atoms with Crippen LogP contribution in [0.3, 0.4) is 0 Å². The third-order valence-corrected chi connectivity index (χ3v) is 0.712. The number of nitrogens with zero attached hydrogens (tertiary/aromatic N) is 2. The van der Waals surface area contributed by atoms with E-state index in [1.807, 2.05) is 0 Å². The van der Waals surface area contributed by atoms with E-state index in [0.717, 1.165) is 7.11 Å². The zero-order chi connectivity index (χ0) is 8.15. The van der Waals surface area contributed by atoms with Crippen molar-refractivity contribution in [3.05, 3.63) is 5.53 Å². The van der Waals surface area contributed by atoms with Crippen molar-refractivity contribution in [1.29, 1.82) is 0 Å². The second-order valence-corrected chi connectivity index (χ2v) is 1.30. The summed E-state index contributed by atoms with van der Waals surface area (Å²) >= 11 is 0. The predicted molar refractivity (Wildman–Crippen MR) is 29.8 cm³/mol. The SMILES string of the molecule is COC(=O)C(=[N+]=[N-])C(N)=O. The number of hydrogen-bond acceptors (Lipinski definition) is 3. The number of hydrogen-bond donors (Lipinski definition) is 1. The number of carbonyl (C=O) groups excluding carboxylic acids is 2. The van der Waals surface area contributed by atoms with Crippen LogP contribution in [-0.2, 0) is 14.3 Å². The van der Waals surface area contributed by atoms with Gasteiger partial charge in [-0.2, -0.15) is 4.79 Å². The summed E-state index contributed by atoms with van der Waals surface area (Å²) in [4.78, 5) is 22.9. The van der Waals surface area contributed by atoms with E-state index in [0.29, 0.717) is 0 Å². The summed E-state index contributed by atoms with van der Waals surface area (Å²) in [5.74, 6) is -2.19. The van der Waals surface area contributed by atoms with Crippen LogP contribution in [0, 0.1) is 0 Å². The summed E-state index contributed by atoms with van der Waals surface area (Å²) in [6.07, 6.45) is 0. The maximum absolute atomic E-state index is 10.4. The average Bonchev–Trinajstić information content (AvgIpc) is 1.88. The Kier molecular flexibility index (Phi) is 2.80. The van der Waals surface area contributed by atoms with Gasteiger partial charge in [-0.15, -0.1) is 0 Å². The van der Waals surface area contributed by atoms with Crippen LogP contribution < -0.4 is 5.73 Å². The highest BCUT2D eigenvalue weighted by Gasteiger charge is 2.27. The zero-order valence-corrected chi connectivity index (χ0v) is 5.20. The van der Waals surface area contributed by atoms with Crippen molar-refractivity contribution in [2.24, 2.45) is 5.73 Å². The van der Waals surface area contributed by atoms with Gasteiger partial charge in [0.15, 0.2) is 0 Å². The van der Waals surface area contributed by atoms with Crippen LogP contribution in [0.1, 0.15) is 0 Å². The fraction of sp³-hybridized carbons (Fsp3) is 0.250. The molecule has 10 heavy (non-hydrogen) atoms. The monoisotopic (exact) mass is 143 g/mol. The molecule has 0 aliphatic heterocycles. The first-order valence-corrected chi connectivity index (χ1v) is 2.23. The summed E-state index contributed by atoms with van der Waals surface area (Å²) in [6, 6.07) is 0. The van der Waals surface area contributed by atoms with Gasteiger partial charge in [-0.1, -0.05) is 0 Å². The first kappa shape index (κ1) is 8.32. The summed E-state index contributed by atoms with van der Waals surface area (Å²) in [5, 5.41) is 0. The molecule has 6 nitrogen and oxygen atoms in total. The lowest BCUT2D eigenvalue weighted by Gasteiger charge is -1.87. The minimum absolute atomic E-state index is 0.817. The average molecular weight is 143 g/mol. The van der Waals surface area contributed by atoms with E-state index in [2.05, 4.69) is 15.3 Å². The number of ether oxygens (including phenoxy) is 1. The van der Waals surface area contributed by atoms with E-state index in [-0.39, 0.29) is 0 Å². The highest BCUT2D eigenvalue weighted by molar-refractivity contribution is 6.61. The normalized spacial score (nSPS) is 7.70. The van der Waals surface area contributed by atoms with Crippen LogP contribution in [0.4, 0.5) is 0 Å². The minimum Gasteiger partial charge on any atom is -0.460 e. The van der Waals surface area contributed by atoms with Crippen molar-refractivity contribution in [2.45, 2.75) is 0 Å². The second-order valence-electron chi connectivity index (χ2n) is 1.30. The number of esters is 1. The van der Waals surface area contributed by atoms with Gasteiger partial charge in [-0.3, -0.25) is 4.79 Å². The molecule has 0 atom stereocenters. The van der Waals surface area contributed by atoms with Crippen LogP contribution in [0.15, 0.2) is 0 Å². The Morgan fingerprint density at radius 3 is 2.20 bits per heavy atom. The molecule has 2 N–H and O–H groups in total. The lowest BCUT2D eigenvalue weighted by atomic mass is 10.4. The molecule has 6 heteroatoms. The molecule has 54 valence electrons. The number of primary amides is 1. The number of carbonyl (C=O) groups is 2. The standard InChI is InChI=1S/C4H5N3O3/c1-10-4(9)2(7-6)3(5)8/h1H3,(H2,5,8). The molecule has 0 unspecified atom stereocenters. The minimum atomic E-state index is -1.13. The lowest BCUT2D eigenvalue weighted by Crippen LogP contribution is -2.32. The van der Waals surface area contributed by atoms with Crippen molar-refractivity contribution in [2.75, 3.05) is 7.11 Å². The molecule has 1 amide bonds. The molecular formula is C4H5N3O3. The molecule has 0 heterocycles. The highest BCUT2D eigenvalue weighted by atomic mass is 16.5. The van der Waals surface area contributed by atoms with Gasteiger partial charge < -0.3 is 16.0 Å². The molecule has 0 bridgehead atoms. The van der Waals surface area contributed by atoms with Crippen molar-refractivity contribution >= 4 is 17.6 Å². The molecule has 0 aromatic heterocycles. The molecule has 0 aliphatic rings. The molecule has 0 fully saturated rings. The molecule has 0 rings (SSSR count). The molecule has 0 saturated heterocycles. The third-order valence-electron chi connectivity index (χ3n) is 0.712. The van der Waals surface area contributed by atoms with Gasteiger partial charge in [-0.25, -0.2) is 4.79 Å². The van der Waals surface area contributed by atoms with E-state index in [9.17, 15) is 9.59 Å². The van der Waals surface area contributed by atoms with Crippen LogP contribution in [0.2, 0.25) is 0 Å². The van der Waals surface area contributed by atoms with Gasteiger partial charge in [0.05, 0.1) is 7.11 Å². The van der Waals surface area contributed by atoms with E-state index in [1.165, 1.54) is 0 Å². The quantitative estimate of drug-likeness (QED) is 0.164. The highest BCUT2D eigenvalue weighted by Crippen LogP contribution is 1.75. The Bertz CT molecular complexity index is 216. The Balaban J connectivity index is 4.56. The van der Waals surface area contributed by atoms with Crippen molar-refractivity contribution in [3.63, 3.8) is 0 Å². The largest absolute Gasteiger partial charge is 0.462 e. The number of rotatable bonds is 2. The van der Waals surface area contributed by atoms with Crippen LogP contribution in [0.5, 0.6) is 0 Å². The Labute approximate surface area is 56.2 Å². The second kappa shape index (κ2) is 3.37. The maximum atomic E-state index is 10.4. The fourth-order valence-corrected chi connectivity index (χ4v) is 0.287. The van der Waals surface area contributed by atoms with E-state index in [4.69, 9.17) is 5.53 Å². The van der Waals surface area contributed by atoms with Crippen molar-refractivity contribution in [1.82, 2.24) is 0 Å². The van der Waals surface area contributed by atoms with Gasteiger partial charge in [0.1, 0.15) is 0 Å². The first-order valence-electron chi connectivity index (χ1n) is 2.23. The summed E-state index contributed by atoms with van der Waals surface area (Å²) in [6.45, 7) is 0. The predicted octanol–water partition coefficient (Wildman–Crippen LogP) is -1.68. The molecule has 0 spiro atoms. The number of amides is 1. The van der Waals surface area contributed by atoms with Crippen molar-refractivity contribution in [3.8, 4) is 0 Å². The van der Waals surface area contributed by atoms with Gasteiger partial charge in [0.25, 0.3) is 0 Å². The van der Waals surface area contributed by atoms with Crippen LogP contribution in [-0.4, -0.2) is 29.5 Å².